The van der Waals surface area contributed by atoms with E-state index in [0.717, 1.165) is 31.7 Å². The predicted octanol–water partition coefficient (Wildman–Crippen LogP) is 2.51. The third kappa shape index (κ3) is 4.98. The summed E-state index contributed by atoms with van der Waals surface area (Å²) >= 11 is 0. The lowest BCUT2D eigenvalue weighted by Gasteiger charge is -2.34. The van der Waals surface area contributed by atoms with E-state index in [1.165, 1.54) is 13.2 Å². The van der Waals surface area contributed by atoms with Gasteiger partial charge in [0.05, 0.1) is 7.11 Å². The lowest BCUT2D eigenvalue weighted by atomic mass is 10.1. The summed E-state index contributed by atoms with van der Waals surface area (Å²) in [5.74, 6) is 0.408. The number of alkyl halides is 2. The van der Waals surface area contributed by atoms with Gasteiger partial charge in [0.1, 0.15) is 0 Å². The summed E-state index contributed by atoms with van der Waals surface area (Å²) in [6.07, 6.45) is 0. The van der Waals surface area contributed by atoms with Gasteiger partial charge in [-0.05, 0) is 24.6 Å². The topological polar surface area (TPSA) is 33.7 Å². The van der Waals surface area contributed by atoms with Crippen LogP contribution in [0.15, 0.2) is 18.2 Å². The molecule has 1 aromatic rings. The quantitative estimate of drug-likeness (QED) is 0.903. The third-order valence-electron chi connectivity index (χ3n) is 3.47. The van der Waals surface area contributed by atoms with Gasteiger partial charge in [-0.3, -0.25) is 4.90 Å². The minimum absolute atomic E-state index is 0. The van der Waals surface area contributed by atoms with Gasteiger partial charge in [0.2, 0.25) is 0 Å². The van der Waals surface area contributed by atoms with Crippen LogP contribution in [0, 0.1) is 0 Å². The minimum atomic E-state index is -2.84. The van der Waals surface area contributed by atoms with Crippen molar-refractivity contribution in [1.82, 2.24) is 10.2 Å². The molecule has 4 nitrogen and oxygen atoms in total. The Morgan fingerprint density at radius 3 is 2.76 bits per heavy atom. The van der Waals surface area contributed by atoms with Crippen LogP contribution in [0.4, 0.5) is 8.78 Å². The van der Waals surface area contributed by atoms with Crippen molar-refractivity contribution in [3.05, 3.63) is 23.8 Å². The van der Waals surface area contributed by atoms with Crippen LogP contribution in [0.1, 0.15) is 12.5 Å². The van der Waals surface area contributed by atoms with E-state index in [1.807, 2.05) is 0 Å². The van der Waals surface area contributed by atoms with Crippen molar-refractivity contribution in [1.29, 1.82) is 0 Å². The summed E-state index contributed by atoms with van der Waals surface area (Å²) in [4.78, 5) is 2.35. The Morgan fingerprint density at radius 1 is 1.38 bits per heavy atom. The van der Waals surface area contributed by atoms with Gasteiger partial charge in [-0.2, -0.15) is 8.78 Å². The molecule has 120 valence electrons. The predicted molar refractivity (Wildman–Crippen MR) is 79.6 cm³/mol. The maximum Gasteiger partial charge on any atom is 0.387 e. The highest BCUT2D eigenvalue weighted by Crippen LogP contribution is 2.30. The molecule has 1 aromatic carbocycles. The van der Waals surface area contributed by atoms with Gasteiger partial charge in [0.15, 0.2) is 11.5 Å². The van der Waals surface area contributed by atoms with Crippen molar-refractivity contribution in [2.75, 3.05) is 26.7 Å². The molecule has 21 heavy (non-hydrogen) atoms. The third-order valence-corrected chi connectivity index (χ3v) is 3.47. The highest BCUT2D eigenvalue weighted by Gasteiger charge is 2.19. The molecule has 1 atom stereocenters. The Morgan fingerprint density at radius 2 is 2.14 bits per heavy atom. The zero-order valence-corrected chi connectivity index (χ0v) is 13.0. The van der Waals surface area contributed by atoms with Crippen molar-refractivity contribution in [2.45, 2.75) is 26.1 Å². The Labute approximate surface area is 129 Å². The summed E-state index contributed by atoms with van der Waals surface area (Å²) in [5.41, 5.74) is 1.03. The van der Waals surface area contributed by atoms with Crippen molar-refractivity contribution in [2.24, 2.45) is 0 Å². The summed E-state index contributed by atoms with van der Waals surface area (Å²) in [6.45, 7) is 2.99. The first-order valence-electron chi connectivity index (χ1n) is 6.66. The second-order valence-electron chi connectivity index (χ2n) is 4.89. The largest absolute Gasteiger partial charge is 0.493 e. The van der Waals surface area contributed by atoms with Gasteiger partial charge in [0, 0.05) is 32.2 Å². The fraction of sp³-hybridized carbons (Fsp3) is 0.571. The first kappa shape index (κ1) is 17.9. The maximum absolute atomic E-state index is 12.3. The average Bonchev–Trinajstić information content (AvgIpc) is 2.42. The maximum atomic E-state index is 12.3. The SMILES string of the molecule is COc1cc(CN2CCNC[C@@H]2C)ccc1OC(F)F.Cl. The van der Waals surface area contributed by atoms with E-state index in [2.05, 4.69) is 21.9 Å². The molecule has 0 spiro atoms. The molecule has 2 rings (SSSR count). The van der Waals surface area contributed by atoms with Crippen molar-refractivity contribution in [3.63, 3.8) is 0 Å². The molecule has 1 fully saturated rings. The number of halogens is 3. The van der Waals surface area contributed by atoms with Gasteiger partial charge in [-0.15, -0.1) is 12.4 Å². The molecule has 0 bridgehead atoms. The lowest BCUT2D eigenvalue weighted by molar-refractivity contribution is -0.0512. The van der Waals surface area contributed by atoms with Crippen molar-refractivity contribution in [3.8, 4) is 11.5 Å². The molecule has 1 saturated heterocycles. The van der Waals surface area contributed by atoms with Gasteiger partial charge in [-0.1, -0.05) is 6.07 Å². The van der Waals surface area contributed by atoms with E-state index < -0.39 is 6.61 Å². The molecule has 0 aromatic heterocycles. The molecule has 1 heterocycles. The standard InChI is InChI=1S/C14H20F2N2O2.ClH/c1-10-8-17-5-6-18(10)9-11-3-4-12(20-14(15)16)13(7-11)19-2;/h3-4,7,10,14,17H,5-6,8-9H2,1-2H3;1H/t10-;/m0./s1. The van der Waals surface area contributed by atoms with E-state index in [4.69, 9.17) is 4.74 Å². The van der Waals surface area contributed by atoms with Crippen LogP contribution in [0.25, 0.3) is 0 Å². The fourth-order valence-corrected chi connectivity index (χ4v) is 2.36. The zero-order chi connectivity index (χ0) is 14.5. The van der Waals surface area contributed by atoms with E-state index in [9.17, 15) is 8.78 Å². The summed E-state index contributed by atoms with van der Waals surface area (Å²) in [5, 5.41) is 3.33. The van der Waals surface area contributed by atoms with Crippen LogP contribution in [-0.4, -0.2) is 44.3 Å². The van der Waals surface area contributed by atoms with Gasteiger partial charge < -0.3 is 14.8 Å². The lowest BCUT2D eigenvalue weighted by Crippen LogP contribution is -2.49. The Balaban J connectivity index is 0.00000220. The molecule has 0 amide bonds. The summed E-state index contributed by atoms with van der Waals surface area (Å²) in [7, 11) is 1.45. The molecule has 1 aliphatic heterocycles. The Hall–Kier alpha value is -1.11. The highest BCUT2D eigenvalue weighted by atomic mass is 35.5. The highest BCUT2D eigenvalue weighted by molar-refractivity contribution is 5.85. The first-order valence-corrected chi connectivity index (χ1v) is 6.66. The van der Waals surface area contributed by atoms with Crippen LogP contribution in [0.2, 0.25) is 0 Å². The van der Waals surface area contributed by atoms with Crippen molar-refractivity contribution >= 4 is 12.4 Å². The summed E-state index contributed by atoms with van der Waals surface area (Å²) < 4.78 is 34.1. The molecular weight excluding hydrogens is 302 g/mol. The minimum Gasteiger partial charge on any atom is -0.493 e. The smallest absolute Gasteiger partial charge is 0.387 e. The Bertz CT molecular complexity index is 449. The van der Waals surface area contributed by atoms with Gasteiger partial charge in [0.25, 0.3) is 0 Å². The number of ether oxygens (including phenoxy) is 2. The molecular formula is C14H21ClF2N2O2. The number of piperazine rings is 1. The number of rotatable bonds is 5. The number of nitrogens with one attached hydrogen (secondary N) is 1. The number of nitrogens with zero attached hydrogens (tertiary/aromatic N) is 1. The van der Waals surface area contributed by atoms with E-state index in [0.29, 0.717) is 11.8 Å². The fourth-order valence-electron chi connectivity index (χ4n) is 2.36. The normalized spacial score (nSPS) is 19.2. The average molecular weight is 323 g/mol. The number of methoxy groups -OCH3 is 1. The molecule has 0 radical (unpaired) electrons. The van der Waals surface area contributed by atoms with Crippen molar-refractivity contribution < 1.29 is 18.3 Å². The van der Waals surface area contributed by atoms with Crippen LogP contribution in [0.5, 0.6) is 11.5 Å². The molecule has 0 aliphatic carbocycles. The number of benzene rings is 1. The van der Waals surface area contributed by atoms with Gasteiger partial charge >= 0.3 is 6.61 Å². The van der Waals surface area contributed by atoms with Gasteiger partial charge in [-0.25, -0.2) is 0 Å². The second kappa shape index (κ2) is 8.36. The van der Waals surface area contributed by atoms with E-state index in [1.54, 1.807) is 12.1 Å². The second-order valence-corrected chi connectivity index (χ2v) is 4.89. The molecule has 1 N–H and O–H groups in total. The number of hydrogen-bond donors (Lipinski definition) is 1. The number of hydrogen-bond acceptors (Lipinski definition) is 4. The molecule has 1 aliphatic rings. The van der Waals surface area contributed by atoms with Crippen LogP contribution >= 0.6 is 12.4 Å². The van der Waals surface area contributed by atoms with Crippen LogP contribution in [-0.2, 0) is 6.54 Å². The summed E-state index contributed by atoms with van der Waals surface area (Å²) in [6, 6.07) is 5.54. The molecule has 7 heteroatoms. The van der Waals surface area contributed by atoms with E-state index >= 15 is 0 Å². The molecule has 0 saturated carbocycles. The molecule has 0 unspecified atom stereocenters. The van der Waals surface area contributed by atoms with Crippen LogP contribution in [0.3, 0.4) is 0 Å². The monoisotopic (exact) mass is 322 g/mol. The van der Waals surface area contributed by atoms with Crippen LogP contribution < -0.4 is 14.8 Å². The first-order chi connectivity index (χ1) is 9.60. The van der Waals surface area contributed by atoms with E-state index in [-0.39, 0.29) is 18.2 Å². The Kier molecular flexibility index (Phi) is 7.14. The zero-order valence-electron chi connectivity index (χ0n) is 12.1.